The first-order valence-electron chi connectivity index (χ1n) is 10.4. The van der Waals surface area contributed by atoms with Gasteiger partial charge >= 0.3 is 0 Å². The molecular weight excluding hydrogens is 372 g/mol. The Kier molecular flexibility index (Phi) is 4.93. The zero-order chi connectivity index (χ0) is 20.3. The second-order valence-electron chi connectivity index (χ2n) is 7.70. The molecule has 3 aromatic carbocycles. The van der Waals surface area contributed by atoms with Gasteiger partial charge in [0, 0.05) is 41.6 Å². The van der Waals surface area contributed by atoms with E-state index in [0.29, 0.717) is 5.95 Å². The summed E-state index contributed by atoms with van der Waals surface area (Å²) in [7, 11) is 0. The van der Waals surface area contributed by atoms with Crippen LogP contribution < -0.4 is 10.2 Å². The van der Waals surface area contributed by atoms with Gasteiger partial charge in [0.05, 0.1) is 5.52 Å². The van der Waals surface area contributed by atoms with Gasteiger partial charge in [0.15, 0.2) is 0 Å². The molecule has 0 unspecified atom stereocenters. The first kappa shape index (κ1) is 18.4. The van der Waals surface area contributed by atoms with E-state index < -0.39 is 0 Å². The molecule has 5 nitrogen and oxygen atoms in total. The van der Waals surface area contributed by atoms with Crippen LogP contribution in [-0.4, -0.2) is 28.2 Å². The van der Waals surface area contributed by atoms with Crippen LogP contribution in [0.4, 0.5) is 17.3 Å². The van der Waals surface area contributed by atoms with E-state index in [4.69, 9.17) is 4.98 Å². The molecule has 1 saturated heterocycles. The molecule has 0 atom stereocenters. The van der Waals surface area contributed by atoms with Crippen molar-refractivity contribution in [2.75, 3.05) is 23.3 Å². The number of piperidine rings is 1. The Morgan fingerprint density at radius 3 is 2.37 bits per heavy atom. The number of phenolic OH excluding ortho intramolecular Hbond substituents is 1. The Balaban J connectivity index is 1.42. The van der Waals surface area contributed by atoms with Crippen molar-refractivity contribution < 1.29 is 5.11 Å². The van der Waals surface area contributed by atoms with Crippen molar-refractivity contribution in [3.63, 3.8) is 0 Å². The first-order valence-corrected chi connectivity index (χ1v) is 10.4. The van der Waals surface area contributed by atoms with Crippen molar-refractivity contribution in [1.82, 2.24) is 9.97 Å². The molecule has 150 valence electrons. The van der Waals surface area contributed by atoms with Crippen LogP contribution in [-0.2, 0) is 0 Å². The van der Waals surface area contributed by atoms with Gasteiger partial charge in [-0.05, 0) is 61.2 Å². The highest BCUT2D eigenvalue weighted by Crippen LogP contribution is 2.29. The standard InChI is InChI=1S/C25H24N4O/c30-22-13-7-18(8-14-22)23-6-4-5-19-17-26-25(28-24(19)23)27-20-9-11-21(12-10-20)29-15-2-1-3-16-29/h4-14,17,30H,1-3,15-16H2,(H,26,27,28). The molecule has 1 aromatic heterocycles. The third-order valence-electron chi connectivity index (χ3n) is 5.63. The van der Waals surface area contributed by atoms with Crippen LogP contribution in [0.3, 0.4) is 0 Å². The summed E-state index contributed by atoms with van der Waals surface area (Å²) in [6.45, 7) is 2.28. The summed E-state index contributed by atoms with van der Waals surface area (Å²) in [6.07, 6.45) is 5.72. The highest BCUT2D eigenvalue weighted by atomic mass is 16.3. The molecule has 1 fully saturated rings. The lowest BCUT2D eigenvalue weighted by atomic mass is 10.0. The largest absolute Gasteiger partial charge is 0.508 e. The maximum atomic E-state index is 9.59. The molecule has 2 N–H and O–H groups in total. The number of phenols is 1. The highest BCUT2D eigenvalue weighted by Gasteiger charge is 2.11. The molecule has 0 bridgehead atoms. The fourth-order valence-electron chi connectivity index (χ4n) is 4.03. The van der Waals surface area contributed by atoms with Crippen LogP contribution in [0.5, 0.6) is 5.75 Å². The average molecular weight is 396 g/mol. The van der Waals surface area contributed by atoms with Gasteiger partial charge in [-0.1, -0.05) is 30.3 Å². The van der Waals surface area contributed by atoms with Crippen LogP contribution in [0.1, 0.15) is 19.3 Å². The lowest BCUT2D eigenvalue weighted by molar-refractivity contribution is 0.475. The summed E-state index contributed by atoms with van der Waals surface area (Å²) < 4.78 is 0. The fourth-order valence-corrected chi connectivity index (χ4v) is 4.03. The van der Waals surface area contributed by atoms with Crippen LogP contribution in [0.25, 0.3) is 22.0 Å². The Labute approximate surface area is 176 Å². The lowest BCUT2D eigenvalue weighted by Gasteiger charge is -2.28. The average Bonchev–Trinajstić information content (AvgIpc) is 2.80. The molecular formula is C25H24N4O. The summed E-state index contributed by atoms with van der Waals surface area (Å²) in [5.74, 6) is 0.823. The molecule has 30 heavy (non-hydrogen) atoms. The van der Waals surface area contributed by atoms with Gasteiger partial charge in [0.2, 0.25) is 5.95 Å². The Morgan fingerprint density at radius 2 is 1.60 bits per heavy atom. The second kappa shape index (κ2) is 8.03. The third-order valence-corrected chi connectivity index (χ3v) is 5.63. The molecule has 5 heteroatoms. The summed E-state index contributed by atoms with van der Waals surface area (Å²) in [5, 5.41) is 13.9. The smallest absolute Gasteiger partial charge is 0.227 e. The van der Waals surface area contributed by atoms with Gasteiger partial charge in [-0.2, -0.15) is 0 Å². The monoisotopic (exact) mass is 396 g/mol. The zero-order valence-corrected chi connectivity index (χ0v) is 16.8. The van der Waals surface area contributed by atoms with Gasteiger partial charge in [0.1, 0.15) is 5.75 Å². The zero-order valence-electron chi connectivity index (χ0n) is 16.8. The summed E-state index contributed by atoms with van der Waals surface area (Å²) in [6, 6.07) is 21.7. The number of nitrogens with one attached hydrogen (secondary N) is 1. The topological polar surface area (TPSA) is 61.3 Å². The van der Waals surface area contributed by atoms with Crippen molar-refractivity contribution in [3.8, 4) is 16.9 Å². The molecule has 1 aliphatic rings. The minimum atomic E-state index is 0.254. The van der Waals surface area contributed by atoms with Gasteiger partial charge in [0.25, 0.3) is 0 Å². The van der Waals surface area contributed by atoms with Gasteiger partial charge in [-0.3, -0.25) is 0 Å². The fraction of sp³-hybridized carbons (Fsp3) is 0.200. The number of benzene rings is 3. The van der Waals surface area contributed by atoms with E-state index in [9.17, 15) is 5.11 Å². The van der Waals surface area contributed by atoms with Crippen LogP contribution in [0, 0.1) is 0 Å². The number of rotatable bonds is 4. The van der Waals surface area contributed by atoms with Crippen molar-refractivity contribution >= 4 is 28.2 Å². The molecule has 0 spiro atoms. The second-order valence-corrected chi connectivity index (χ2v) is 7.70. The van der Waals surface area contributed by atoms with Crippen molar-refractivity contribution in [2.24, 2.45) is 0 Å². The van der Waals surface area contributed by atoms with Crippen LogP contribution >= 0.6 is 0 Å². The minimum Gasteiger partial charge on any atom is -0.508 e. The number of fused-ring (bicyclic) bond motifs is 1. The molecule has 0 saturated carbocycles. The maximum Gasteiger partial charge on any atom is 0.227 e. The number of nitrogens with zero attached hydrogens (tertiary/aromatic N) is 3. The van der Waals surface area contributed by atoms with E-state index in [1.165, 1.54) is 24.9 Å². The summed E-state index contributed by atoms with van der Waals surface area (Å²) >= 11 is 0. The van der Waals surface area contributed by atoms with E-state index in [2.05, 4.69) is 39.5 Å². The lowest BCUT2D eigenvalue weighted by Crippen LogP contribution is -2.29. The van der Waals surface area contributed by atoms with Crippen molar-refractivity contribution in [3.05, 3.63) is 72.9 Å². The van der Waals surface area contributed by atoms with Crippen LogP contribution in [0.15, 0.2) is 72.9 Å². The number of hydrogen-bond acceptors (Lipinski definition) is 5. The summed E-state index contributed by atoms with van der Waals surface area (Å²) in [5.41, 5.74) is 5.14. The third kappa shape index (κ3) is 3.79. The van der Waals surface area contributed by atoms with Crippen molar-refractivity contribution in [2.45, 2.75) is 19.3 Å². The molecule has 0 radical (unpaired) electrons. The predicted molar refractivity (Wildman–Crippen MR) is 122 cm³/mol. The molecule has 5 rings (SSSR count). The minimum absolute atomic E-state index is 0.254. The van der Waals surface area contributed by atoms with Gasteiger partial charge < -0.3 is 15.3 Å². The Bertz CT molecular complexity index is 1150. The number of hydrogen-bond donors (Lipinski definition) is 2. The molecule has 0 aliphatic carbocycles. The van der Waals surface area contributed by atoms with E-state index in [1.54, 1.807) is 12.1 Å². The molecule has 0 amide bonds. The predicted octanol–water partition coefficient (Wildman–Crippen LogP) is 5.74. The SMILES string of the molecule is Oc1ccc(-c2cccc3cnc(Nc4ccc(N5CCCCC5)cc4)nc23)cc1. The maximum absolute atomic E-state index is 9.59. The van der Waals surface area contributed by atoms with Crippen molar-refractivity contribution in [1.29, 1.82) is 0 Å². The Morgan fingerprint density at radius 1 is 0.833 bits per heavy atom. The molecule has 4 aromatic rings. The molecule has 2 heterocycles. The van der Waals surface area contributed by atoms with E-state index in [0.717, 1.165) is 40.8 Å². The van der Waals surface area contributed by atoms with Crippen LogP contribution in [0.2, 0.25) is 0 Å². The molecule has 1 aliphatic heterocycles. The quantitative estimate of drug-likeness (QED) is 0.461. The number of anilines is 3. The summed E-state index contributed by atoms with van der Waals surface area (Å²) in [4.78, 5) is 11.7. The van der Waals surface area contributed by atoms with E-state index >= 15 is 0 Å². The normalized spacial score (nSPS) is 14.1. The highest BCUT2D eigenvalue weighted by molar-refractivity contribution is 5.94. The van der Waals surface area contributed by atoms with Gasteiger partial charge in [-0.25, -0.2) is 9.97 Å². The van der Waals surface area contributed by atoms with Gasteiger partial charge in [-0.15, -0.1) is 0 Å². The van der Waals surface area contributed by atoms with E-state index in [1.807, 2.05) is 36.5 Å². The Hall–Kier alpha value is -3.60. The number of aromatic hydroxyl groups is 1. The number of aromatic nitrogens is 2. The number of para-hydroxylation sites is 1. The first-order chi connectivity index (χ1) is 14.8. The van der Waals surface area contributed by atoms with E-state index in [-0.39, 0.29) is 5.75 Å².